The maximum absolute atomic E-state index is 11.6. The van der Waals surface area contributed by atoms with E-state index < -0.39 is 5.41 Å². The van der Waals surface area contributed by atoms with E-state index >= 15 is 0 Å². The zero-order valence-electron chi connectivity index (χ0n) is 24.9. The van der Waals surface area contributed by atoms with Crippen molar-refractivity contribution in [3.63, 3.8) is 0 Å². The van der Waals surface area contributed by atoms with Gasteiger partial charge in [0.25, 0.3) is 0 Å². The van der Waals surface area contributed by atoms with Crippen molar-refractivity contribution >= 4 is 0 Å². The van der Waals surface area contributed by atoms with Gasteiger partial charge in [-0.25, -0.2) is 0 Å². The summed E-state index contributed by atoms with van der Waals surface area (Å²) < 4.78 is 0. The van der Waals surface area contributed by atoms with E-state index in [1.165, 1.54) is 11.1 Å². The summed E-state index contributed by atoms with van der Waals surface area (Å²) in [7, 11) is 0. The number of phenolic OH excluding ortho intramolecular Hbond substituents is 2. The number of aromatic hydroxyl groups is 2. The van der Waals surface area contributed by atoms with E-state index in [-0.39, 0.29) is 16.6 Å². The van der Waals surface area contributed by atoms with Gasteiger partial charge in [-0.15, -0.1) is 0 Å². The minimum Gasteiger partial charge on any atom is -0.508 e. The molecule has 0 atom stereocenters. The summed E-state index contributed by atoms with van der Waals surface area (Å²) >= 11 is 0. The highest BCUT2D eigenvalue weighted by Crippen LogP contribution is 2.46. The topological polar surface area (TPSA) is 40.5 Å². The van der Waals surface area contributed by atoms with E-state index in [0.717, 1.165) is 33.4 Å². The fourth-order valence-corrected chi connectivity index (χ4v) is 6.05. The molecule has 5 rings (SSSR count). The summed E-state index contributed by atoms with van der Waals surface area (Å²) in [6.45, 7) is 13.2. The molecule has 0 heterocycles. The highest BCUT2D eigenvalue weighted by Gasteiger charge is 2.36. The average Bonchev–Trinajstić information content (AvgIpc) is 2.99. The van der Waals surface area contributed by atoms with Crippen LogP contribution in [0.5, 0.6) is 11.5 Å². The zero-order valence-corrected chi connectivity index (χ0v) is 24.9. The van der Waals surface area contributed by atoms with Gasteiger partial charge in [0.2, 0.25) is 0 Å². The molecule has 2 nitrogen and oxygen atoms in total. The van der Waals surface area contributed by atoms with Crippen LogP contribution in [0.2, 0.25) is 0 Å². The van der Waals surface area contributed by atoms with Crippen LogP contribution in [0.15, 0.2) is 121 Å². The number of hydrogen-bond donors (Lipinski definition) is 2. The SMILES string of the molecule is Cc1cc(C(C)(C)c2cccc(C(C)(C)c3ccc(O)cc3)c2)cc(C(C)(c2ccccc2)c2ccccc2)c1O. The molecule has 0 spiro atoms. The van der Waals surface area contributed by atoms with Crippen molar-refractivity contribution in [2.24, 2.45) is 0 Å². The Labute approximate surface area is 245 Å². The van der Waals surface area contributed by atoms with E-state index in [4.69, 9.17) is 0 Å². The second-order valence-corrected chi connectivity index (χ2v) is 12.4. The van der Waals surface area contributed by atoms with Gasteiger partial charge in [-0.1, -0.05) is 131 Å². The van der Waals surface area contributed by atoms with Gasteiger partial charge in [0.05, 0.1) is 0 Å². The summed E-state index contributed by atoms with van der Waals surface area (Å²) in [5.74, 6) is 0.609. The molecule has 2 N–H and O–H groups in total. The van der Waals surface area contributed by atoms with Crippen LogP contribution in [0.4, 0.5) is 0 Å². The van der Waals surface area contributed by atoms with E-state index in [0.29, 0.717) is 5.75 Å². The van der Waals surface area contributed by atoms with Crippen LogP contribution in [0, 0.1) is 6.92 Å². The Bertz CT molecular complexity index is 1610. The highest BCUT2D eigenvalue weighted by atomic mass is 16.3. The van der Waals surface area contributed by atoms with Crippen molar-refractivity contribution in [2.45, 2.75) is 57.8 Å². The molecule has 5 aromatic carbocycles. The van der Waals surface area contributed by atoms with Crippen LogP contribution in [0.1, 0.15) is 79.1 Å². The first-order chi connectivity index (χ1) is 19.5. The standard InChI is InChI=1S/C39H40O2/c1-27-24-33(26-35(36(27)41)39(6,29-14-9-7-10-15-29)30-16-11-8-12-17-30)38(4,5)32-19-13-18-31(25-32)37(2,3)28-20-22-34(40)23-21-28/h7-26,40-41H,1-6H3. The van der Waals surface area contributed by atoms with E-state index in [1.54, 1.807) is 12.1 Å². The van der Waals surface area contributed by atoms with Crippen LogP contribution >= 0.6 is 0 Å². The smallest absolute Gasteiger partial charge is 0.122 e. The Morgan fingerprint density at radius 2 is 0.902 bits per heavy atom. The highest BCUT2D eigenvalue weighted by molar-refractivity contribution is 5.59. The predicted molar refractivity (Wildman–Crippen MR) is 170 cm³/mol. The molecule has 0 aromatic heterocycles. The van der Waals surface area contributed by atoms with E-state index in [2.05, 4.69) is 120 Å². The summed E-state index contributed by atoms with van der Waals surface area (Å²) in [5.41, 5.74) is 7.63. The number of hydrogen-bond acceptors (Lipinski definition) is 2. The zero-order chi connectivity index (χ0) is 29.4. The summed E-state index contributed by atoms with van der Waals surface area (Å²) in [5, 5.41) is 21.4. The predicted octanol–water partition coefficient (Wildman–Crippen LogP) is 9.41. The van der Waals surface area contributed by atoms with E-state index in [9.17, 15) is 10.2 Å². The van der Waals surface area contributed by atoms with Gasteiger partial charge < -0.3 is 10.2 Å². The number of phenols is 2. The maximum atomic E-state index is 11.6. The first kappa shape index (κ1) is 28.2. The van der Waals surface area contributed by atoms with Gasteiger partial charge in [0.1, 0.15) is 11.5 Å². The number of rotatable bonds is 7. The molecule has 0 saturated carbocycles. The first-order valence-electron chi connectivity index (χ1n) is 14.3. The lowest BCUT2D eigenvalue weighted by atomic mass is 9.68. The monoisotopic (exact) mass is 540 g/mol. The lowest BCUT2D eigenvalue weighted by molar-refractivity contribution is 0.452. The molecule has 0 fully saturated rings. The average molecular weight is 541 g/mol. The minimum absolute atomic E-state index is 0.241. The van der Waals surface area contributed by atoms with E-state index in [1.807, 2.05) is 31.2 Å². The van der Waals surface area contributed by atoms with Crippen LogP contribution in [0.25, 0.3) is 0 Å². The fourth-order valence-electron chi connectivity index (χ4n) is 6.05. The minimum atomic E-state index is -0.549. The van der Waals surface area contributed by atoms with Gasteiger partial charge in [0.15, 0.2) is 0 Å². The lowest BCUT2D eigenvalue weighted by Crippen LogP contribution is -2.28. The maximum Gasteiger partial charge on any atom is 0.122 e. The molecule has 2 heteroatoms. The molecule has 0 aliphatic rings. The molecule has 0 aliphatic heterocycles. The number of benzene rings is 5. The molecule has 5 aromatic rings. The Balaban J connectivity index is 1.65. The van der Waals surface area contributed by atoms with Gasteiger partial charge in [-0.3, -0.25) is 0 Å². The van der Waals surface area contributed by atoms with Crippen molar-refractivity contribution in [2.75, 3.05) is 0 Å². The summed E-state index contributed by atoms with van der Waals surface area (Å²) in [4.78, 5) is 0. The Morgan fingerprint density at radius 1 is 0.439 bits per heavy atom. The lowest BCUT2D eigenvalue weighted by Gasteiger charge is -2.35. The fraction of sp³-hybridized carbons (Fsp3) is 0.231. The van der Waals surface area contributed by atoms with Gasteiger partial charge in [0, 0.05) is 21.8 Å². The quantitative estimate of drug-likeness (QED) is 0.202. The third-order valence-electron chi connectivity index (χ3n) is 9.16. The molecule has 41 heavy (non-hydrogen) atoms. The van der Waals surface area contributed by atoms with Gasteiger partial charge in [-0.2, -0.15) is 0 Å². The van der Waals surface area contributed by atoms with Crippen molar-refractivity contribution in [3.8, 4) is 11.5 Å². The normalized spacial score (nSPS) is 12.3. The Morgan fingerprint density at radius 3 is 1.41 bits per heavy atom. The molecule has 0 unspecified atom stereocenters. The molecule has 0 saturated heterocycles. The largest absolute Gasteiger partial charge is 0.508 e. The third kappa shape index (κ3) is 5.04. The van der Waals surface area contributed by atoms with Crippen LogP contribution < -0.4 is 0 Å². The molecular weight excluding hydrogens is 500 g/mol. The molecule has 208 valence electrons. The van der Waals surface area contributed by atoms with Crippen LogP contribution in [0.3, 0.4) is 0 Å². The molecule has 0 radical (unpaired) electrons. The second-order valence-electron chi connectivity index (χ2n) is 12.4. The van der Waals surface area contributed by atoms with Crippen molar-refractivity contribution < 1.29 is 10.2 Å². The van der Waals surface area contributed by atoms with Crippen molar-refractivity contribution in [1.82, 2.24) is 0 Å². The summed E-state index contributed by atoms with van der Waals surface area (Å²) in [6, 6.07) is 41.6. The Hall–Kier alpha value is -4.30. The number of aryl methyl sites for hydroxylation is 1. The van der Waals surface area contributed by atoms with Gasteiger partial charge >= 0.3 is 0 Å². The third-order valence-corrected chi connectivity index (χ3v) is 9.16. The second kappa shape index (κ2) is 10.6. The molecule has 0 bridgehead atoms. The van der Waals surface area contributed by atoms with Crippen molar-refractivity contribution in [3.05, 3.63) is 166 Å². The van der Waals surface area contributed by atoms with Crippen LogP contribution in [-0.4, -0.2) is 10.2 Å². The molecular formula is C39H40O2. The Kier molecular flexibility index (Phi) is 7.30. The molecule has 0 amide bonds. The molecule has 0 aliphatic carbocycles. The first-order valence-corrected chi connectivity index (χ1v) is 14.3. The summed E-state index contributed by atoms with van der Waals surface area (Å²) in [6.07, 6.45) is 0. The van der Waals surface area contributed by atoms with Crippen LogP contribution in [-0.2, 0) is 16.2 Å². The van der Waals surface area contributed by atoms with Gasteiger partial charge in [-0.05, 0) is 71.0 Å². The van der Waals surface area contributed by atoms with Crippen molar-refractivity contribution in [1.29, 1.82) is 0 Å².